The second kappa shape index (κ2) is 7.54. The van der Waals surface area contributed by atoms with Crippen LogP contribution in [-0.4, -0.2) is 81.1 Å². The van der Waals surface area contributed by atoms with Crippen LogP contribution >= 0.6 is 0 Å². The van der Waals surface area contributed by atoms with Gasteiger partial charge < -0.3 is 0 Å². The number of hydrogen-bond acceptors (Lipinski definition) is 4. The summed E-state index contributed by atoms with van der Waals surface area (Å²) in [5, 5.41) is -15.1. The predicted octanol–water partition coefficient (Wildman–Crippen LogP) is 2.17. The molecular weight excluding hydrogens is 503 g/mol. The first kappa shape index (κ1) is 30.1. The summed E-state index contributed by atoms with van der Waals surface area (Å²) in [4.78, 5) is 0. The van der Waals surface area contributed by atoms with Gasteiger partial charge in [-0.25, -0.2) is 16.8 Å². The molecule has 0 unspecified atom stereocenters. The van der Waals surface area contributed by atoms with Crippen LogP contribution in [0, 0.1) is 0 Å². The van der Waals surface area contributed by atoms with Crippen LogP contribution in [0.1, 0.15) is 0 Å². The van der Waals surface area contributed by atoms with E-state index >= 15 is 0 Å². The Morgan fingerprint density at radius 1 is 0.464 bits per heavy atom. The molecule has 0 saturated carbocycles. The van der Waals surface area contributed by atoms with E-state index in [1.807, 2.05) is 0 Å². The number of nitrogens with one attached hydrogen (secondary N) is 1. The van der Waals surface area contributed by atoms with Crippen molar-refractivity contribution in [1.29, 1.82) is 0 Å². The molecule has 166 valence electrons. The van der Waals surface area contributed by atoms with Gasteiger partial charge in [-0.3, -0.25) is 0 Å². The first-order valence-corrected chi connectivity index (χ1v) is 8.10. The molecule has 28 heavy (non-hydrogen) atoms. The average Bonchev–Trinajstić information content (AvgIpc) is 2.33. The summed E-state index contributed by atoms with van der Waals surface area (Å²) in [5.41, 5.74) is 0. The van der Waals surface area contributed by atoms with Gasteiger partial charge >= 0.3 is 64.3 Å². The molecule has 0 heterocycles. The Bertz CT molecular complexity index is 782. The van der Waals surface area contributed by atoms with Gasteiger partial charge in [0.05, 0.1) is 0 Å². The Labute approximate surface area is 166 Å². The maximum atomic E-state index is 13.0. The summed E-state index contributed by atoms with van der Waals surface area (Å²) in [5.74, 6) is -15.9. The first-order chi connectivity index (χ1) is 11.2. The van der Waals surface area contributed by atoms with Crippen molar-refractivity contribution in [3.8, 4) is 0 Å². The van der Waals surface area contributed by atoms with Gasteiger partial charge in [0.15, 0.2) is 0 Å². The summed E-state index contributed by atoms with van der Waals surface area (Å²) in [7, 11) is -16.2. The minimum atomic E-state index is -8.24. The summed E-state index contributed by atoms with van der Waals surface area (Å²) < 4.78 is 214. The van der Waals surface area contributed by atoms with Crippen molar-refractivity contribution < 1.29 is 78.3 Å². The fourth-order valence-electron chi connectivity index (χ4n) is 0.931. The van der Waals surface area contributed by atoms with Crippen molar-refractivity contribution in [2.75, 3.05) is 0 Å². The molecule has 5 nitrogen and oxygen atoms in total. The standard InChI is InChI=1S/C6HF14NO4S2.Na.H/c7-1(8,3(11,12)13)2(9,10)5(17,18)26(22,23)21-27(24,25)6(19,20)4(14,15)16;;/h21H;;. The van der Waals surface area contributed by atoms with E-state index in [1.54, 1.807) is 0 Å². The van der Waals surface area contributed by atoms with Crippen molar-refractivity contribution in [2.24, 2.45) is 0 Å². The Morgan fingerprint density at radius 2 is 0.750 bits per heavy atom. The third-order valence-corrected chi connectivity index (χ3v) is 5.93. The molecule has 0 atom stereocenters. The molecule has 0 aromatic carbocycles. The van der Waals surface area contributed by atoms with Crippen LogP contribution < -0.4 is 4.13 Å². The molecule has 0 bridgehead atoms. The van der Waals surface area contributed by atoms with Gasteiger partial charge in [0.2, 0.25) is 0 Å². The van der Waals surface area contributed by atoms with Crippen molar-refractivity contribution >= 4 is 49.6 Å². The van der Waals surface area contributed by atoms with Crippen LogP contribution in [0.25, 0.3) is 0 Å². The molecule has 22 heteroatoms. The number of hydrogen-bond donors (Lipinski definition) is 1. The zero-order valence-electron chi connectivity index (χ0n) is 11.2. The SMILES string of the molecule is O=S(=O)(NS(=O)(=O)C(F)(F)C(F)(F)C(F)(F)C(F)(F)F)C(F)(F)C(F)(F)F.[NaH]. The van der Waals surface area contributed by atoms with E-state index in [1.165, 1.54) is 0 Å². The Morgan fingerprint density at radius 3 is 1.00 bits per heavy atom. The monoisotopic (exact) mass is 505 g/mol. The summed E-state index contributed by atoms with van der Waals surface area (Å²) >= 11 is 0. The fraction of sp³-hybridized carbons (Fsp3) is 1.00. The van der Waals surface area contributed by atoms with Crippen molar-refractivity contribution in [2.45, 2.75) is 34.7 Å². The van der Waals surface area contributed by atoms with Gasteiger partial charge in [0.1, 0.15) is 0 Å². The first-order valence-electron chi connectivity index (χ1n) is 5.13. The molecule has 0 aromatic rings. The minimum absolute atomic E-state index is 0. The van der Waals surface area contributed by atoms with E-state index in [4.69, 9.17) is 0 Å². The average molecular weight is 505 g/mol. The number of rotatable bonds is 6. The van der Waals surface area contributed by atoms with Crippen molar-refractivity contribution in [3.63, 3.8) is 0 Å². The van der Waals surface area contributed by atoms with Gasteiger partial charge in [-0.1, -0.05) is 4.13 Å². The summed E-state index contributed by atoms with van der Waals surface area (Å²) in [6.45, 7) is 0. The second-order valence-corrected chi connectivity index (χ2v) is 7.97. The summed E-state index contributed by atoms with van der Waals surface area (Å²) in [6, 6.07) is 0. The topological polar surface area (TPSA) is 80.3 Å². The number of sulfonamides is 2. The van der Waals surface area contributed by atoms with Crippen LogP contribution in [0.5, 0.6) is 0 Å². The maximum absolute atomic E-state index is 13.0. The molecule has 0 spiro atoms. The van der Waals surface area contributed by atoms with E-state index in [2.05, 4.69) is 0 Å². The van der Waals surface area contributed by atoms with Crippen LogP contribution in [0.4, 0.5) is 61.5 Å². The predicted molar refractivity (Wildman–Crippen MR) is 60.0 cm³/mol. The molecule has 0 aliphatic heterocycles. The van der Waals surface area contributed by atoms with Gasteiger partial charge in [-0.2, -0.15) is 61.5 Å². The molecule has 0 fully saturated rings. The second-order valence-electron chi connectivity index (χ2n) is 4.27. The van der Waals surface area contributed by atoms with E-state index < -0.39 is 58.9 Å². The van der Waals surface area contributed by atoms with Crippen molar-refractivity contribution in [3.05, 3.63) is 0 Å². The van der Waals surface area contributed by atoms with E-state index in [9.17, 15) is 78.3 Å². The van der Waals surface area contributed by atoms with E-state index in [0.29, 0.717) is 0 Å². The molecule has 0 aliphatic carbocycles. The van der Waals surface area contributed by atoms with Gasteiger partial charge in [0, 0.05) is 0 Å². The van der Waals surface area contributed by atoms with E-state index in [0.717, 1.165) is 0 Å². The zero-order valence-corrected chi connectivity index (χ0v) is 12.9. The zero-order chi connectivity index (χ0) is 22.7. The quantitative estimate of drug-likeness (QED) is 0.444. The molecule has 0 saturated heterocycles. The molecule has 0 rings (SSSR count). The molecule has 0 aliphatic rings. The van der Waals surface area contributed by atoms with Gasteiger partial charge in [-0.15, -0.1) is 0 Å². The van der Waals surface area contributed by atoms with Crippen molar-refractivity contribution in [1.82, 2.24) is 4.13 Å². The van der Waals surface area contributed by atoms with Gasteiger partial charge in [0.25, 0.3) is 20.0 Å². The number of halogens is 14. The summed E-state index contributed by atoms with van der Waals surface area (Å²) in [6.07, 6.45) is -14.8. The van der Waals surface area contributed by atoms with Crippen LogP contribution in [0.3, 0.4) is 0 Å². The Kier molecular flexibility index (Phi) is 8.09. The molecule has 0 amide bonds. The Hall–Kier alpha value is -0.120. The third-order valence-electron chi connectivity index (χ3n) is 2.34. The van der Waals surface area contributed by atoms with Crippen LogP contribution in [0.2, 0.25) is 0 Å². The third kappa shape index (κ3) is 4.47. The Balaban J connectivity index is 0. The van der Waals surface area contributed by atoms with Crippen LogP contribution in [-0.2, 0) is 20.0 Å². The molecule has 0 aromatic heterocycles. The normalized spacial score (nSPS) is 15.9. The fourth-order valence-corrected chi connectivity index (χ4v) is 3.69. The molecule has 0 radical (unpaired) electrons. The van der Waals surface area contributed by atoms with Gasteiger partial charge in [-0.05, 0) is 0 Å². The van der Waals surface area contributed by atoms with E-state index in [-0.39, 0.29) is 29.6 Å². The molecule has 1 N–H and O–H groups in total. The van der Waals surface area contributed by atoms with Crippen LogP contribution in [0.15, 0.2) is 0 Å². The number of alkyl halides is 14. The molecular formula is C6H2F14NNaO4S2.